The number of aromatic nitrogens is 2. The number of anilines is 1. The number of nitrogens with zero attached hydrogens (tertiary/aromatic N) is 4. The molecular weight excluding hydrogens is 464 g/mol. The molecule has 0 atom stereocenters. The van der Waals surface area contributed by atoms with E-state index in [2.05, 4.69) is 14.9 Å². The van der Waals surface area contributed by atoms with E-state index in [1.165, 1.54) is 42.3 Å². The topological polar surface area (TPSA) is 70.8 Å². The van der Waals surface area contributed by atoms with Crippen molar-refractivity contribution in [3.05, 3.63) is 76.2 Å². The van der Waals surface area contributed by atoms with Crippen molar-refractivity contribution >= 4 is 5.69 Å². The van der Waals surface area contributed by atoms with Crippen LogP contribution in [0.3, 0.4) is 0 Å². The molecule has 0 spiro atoms. The number of rotatable bonds is 8. The molecule has 2 aliphatic rings. The number of para-hydroxylation sites is 1. The van der Waals surface area contributed by atoms with Crippen molar-refractivity contribution in [3.8, 4) is 17.2 Å². The summed E-state index contributed by atoms with van der Waals surface area (Å²) in [5, 5.41) is 14.4. The first-order chi connectivity index (χ1) is 18.1. The lowest BCUT2D eigenvalue weighted by Crippen LogP contribution is -2.46. The number of benzene rings is 2. The van der Waals surface area contributed by atoms with Crippen LogP contribution in [0.1, 0.15) is 49.7 Å². The summed E-state index contributed by atoms with van der Waals surface area (Å²) in [5.74, 6) is 1.45. The van der Waals surface area contributed by atoms with Crippen LogP contribution in [0.15, 0.2) is 59.5 Å². The Kier molecular flexibility index (Phi) is 8.09. The number of ether oxygens (including phenoxy) is 1. The zero-order valence-electron chi connectivity index (χ0n) is 21.8. The number of aromatic hydroxyl groups is 1. The summed E-state index contributed by atoms with van der Waals surface area (Å²) in [5.41, 5.74) is 3.43. The number of aryl methyl sites for hydroxylation is 1. The fourth-order valence-electron chi connectivity index (χ4n) is 5.57. The molecule has 2 heterocycles. The van der Waals surface area contributed by atoms with Crippen LogP contribution >= 0.6 is 0 Å². The van der Waals surface area contributed by atoms with E-state index in [1.807, 2.05) is 49.4 Å². The summed E-state index contributed by atoms with van der Waals surface area (Å²) >= 11 is 0. The van der Waals surface area contributed by atoms with Gasteiger partial charge in [-0.05, 0) is 48.6 Å². The molecule has 1 saturated carbocycles. The maximum atomic E-state index is 13.6. The Morgan fingerprint density at radius 3 is 2.49 bits per heavy atom. The quantitative estimate of drug-likeness (QED) is 0.472. The predicted octanol–water partition coefficient (Wildman–Crippen LogP) is 4.92. The molecule has 2 fully saturated rings. The SMILES string of the molecule is Cc1cc(CN2CCN(c3cnn(-c4ccccc4)c(=O)c3OCCC3CCCCC3)CC2)ccc1O. The molecule has 1 aromatic heterocycles. The average Bonchev–Trinajstić information content (AvgIpc) is 2.93. The van der Waals surface area contributed by atoms with Gasteiger partial charge in [-0.2, -0.15) is 9.78 Å². The number of piperazine rings is 1. The van der Waals surface area contributed by atoms with Gasteiger partial charge in [-0.15, -0.1) is 0 Å². The van der Waals surface area contributed by atoms with Crippen LogP contribution in [0.5, 0.6) is 11.5 Å². The second-order valence-corrected chi connectivity index (χ2v) is 10.4. The summed E-state index contributed by atoms with van der Waals surface area (Å²) in [6, 6.07) is 15.3. The number of phenolic OH excluding ortho intramolecular Hbond substituents is 1. The molecule has 196 valence electrons. The summed E-state index contributed by atoms with van der Waals surface area (Å²) in [6.07, 6.45) is 9.27. The lowest BCUT2D eigenvalue weighted by atomic mass is 9.87. The largest absolute Gasteiger partial charge is 0.508 e. The van der Waals surface area contributed by atoms with E-state index < -0.39 is 0 Å². The minimum Gasteiger partial charge on any atom is -0.508 e. The molecule has 0 unspecified atom stereocenters. The van der Waals surface area contributed by atoms with Crippen molar-refractivity contribution in [1.29, 1.82) is 0 Å². The van der Waals surface area contributed by atoms with Gasteiger partial charge in [-0.1, -0.05) is 62.4 Å². The van der Waals surface area contributed by atoms with E-state index in [4.69, 9.17) is 4.74 Å². The van der Waals surface area contributed by atoms with Gasteiger partial charge in [0, 0.05) is 32.7 Å². The van der Waals surface area contributed by atoms with Crippen molar-refractivity contribution < 1.29 is 9.84 Å². The molecule has 1 aliphatic carbocycles. The Bertz CT molecular complexity index is 1230. The third-order valence-corrected chi connectivity index (χ3v) is 7.79. The third kappa shape index (κ3) is 6.16. The molecule has 7 nitrogen and oxygen atoms in total. The predicted molar refractivity (Wildman–Crippen MR) is 147 cm³/mol. The van der Waals surface area contributed by atoms with Crippen LogP contribution in [0.2, 0.25) is 0 Å². The summed E-state index contributed by atoms with van der Waals surface area (Å²) < 4.78 is 7.73. The minimum atomic E-state index is -0.200. The van der Waals surface area contributed by atoms with E-state index in [0.29, 0.717) is 24.0 Å². The number of phenols is 1. The van der Waals surface area contributed by atoms with Crippen LogP contribution in [0.4, 0.5) is 5.69 Å². The molecule has 1 N–H and O–H groups in total. The van der Waals surface area contributed by atoms with E-state index in [-0.39, 0.29) is 5.56 Å². The van der Waals surface area contributed by atoms with Crippen molar-refractivity contribution in [3.63, 3.8) is 0 Å². The Hall–Kier alpha value is -3.32. The highest BCUT2D eigenvalue weighted by molar-refractivity contribution is 5.57. The zero-order valence-corrected chi connectivity index (χ0v) is 21.8. The van der Waals surface area contributed by atoms with Crippen LogP contribution < -0.4 is 15.2 Å². The van der Waals surface area contributed by atoms with Gasteiger partial charge in [0.2, 0.25) is 5.75 Å². The number of hydrogen-bond acceptors (Lipinski definition) is 6. The smallest absolute Gasteiger partial charge is 0.316 e. The molecule has 2 aromatic carbocycles. The van der Waals surface area contributed by atoms with Gasteiger partial charge in [0.25, 0.3) is 0 Å². The van der Waals surface area contributed by atoms with Crippen LogP contribution in [0, 0.1) is 12.8 Å². The molecule has 1 aliphatic heterocycles. The zero-order chi connectivity index (χ0) is 25.6. The van der Waals surface area contributed by atoms with Gasteiger partial charge in [0.05, 0.1) is 18.5 Å². The summed E-state index contributed by atoms with van der Waals surface area (Å²) in [4.78, 5) is 18.2. The van der Waals surface area contributed by atoms with Crippen molar-refractivity contribution in [2.45, 2.75) is 52.0 Å². The van der Waals surface area contributed by atoms with Gasteiger partial charge < -0.3 is 14.7 Å². The van der Waals surface area contributed by atoms with E-state index >= 15 is 0 Å². The van der Waals surface area contributed by atoms with E-state index in [1.54, 1.807) is 12.3 Å². The molecule has 1 saturated heterocycles. The molecule has 7 heteroatoms. The highest BCUT2D eigenvalue weighted by Crippen LogP contribution is 2.29. The summed E-state index contributed by atoms with van der Waals surface area (Å²) in [7, 11) is 0. The minimum absolute atomic E-state index is 0.200. The highest BCUT2D eigenvalue weighted by Gasteiger charge is 2.24. The van der Waals surface area contributed by atoms with Crippen molar-refractivity contribution in [2.75, 3.05) is 37.7 Å². The van der Waals surface area contributed by atoms with Gasteiger partial charge in [-0.25, -0.2) is 0 Å². The highest BCUT2D eigenvalue weighted by atomic mass is 16.5. The normalized spacial score (nSPS) is 17.2. The first-order valence-corrected chi connectivity index (χ1v) is 13.6. The van der Waals surface area contributed by atoms with E-state index in [0.717, 1.165) is 56.1 Å². The third-order valence-electron chi connectivity index (χ3n) is 7.79. The fraction of sp³-hybridized carbons (Fsp3) is 0.467. The first-order valence-electron chi connectivity index (χ1n) is 13.6. The van der Waals surface area contributed by atoms with Crippen LogP contribution in [-0.2, 0) is 6.54 Å². The number of hydrogen-bond donors (Lipinski definition) is 1. The second-order valence-electron chi connectivity index (χ2n) is 10.4. The monoisotopic (exact) mass is 502 g/mol. The first kappa shape index (κ1) is 25.3. The molecule has 0 bridgehead atoms. The Balaban J connectivity index is 1.31. The van der Waals surface area contributed by atoms with Gasteiger partial charge in [0.15, 0.2) is 0 Å². The standard InChI is InChI=1S/C30H38N4O3/c1-23-20-25(12-13-28(23)35)22-32-15-17-33(18-16-32)27-21-31-34(26-10-6-3-7-11-26)30(36)29(27)37-19-14-24-8-4-2-5-9-24/h3,6-7,10-13,20-21,24,35H,2,4-5,8-9,14-19,22H2,1H3. The molecular formula is C30H38N4O3. The Labute approximate surface area is 219 Å². The maximum absolute atomic E-state index is 13.6. The fourth-order valence-corrected chi connectivity index (χ4v) is 5.57. The van der Waals surface area contributed by atoms with Crippen molar-refractivity contribution in [2.24, 2.45) is 5.92 Å². The Morgan fingerprint density at radius 1 is 1.00 bits per heavy atom. The molecule has 37 heavy (non-hydrogen) atoms. The van der Waals surface area contributed by atoms with Gasteiger partial charge in [0.1, 0.15) is 11.4 Å². The van der Waals surface area contributed by atoms with Gasteiger partial charge in [-0.3, -0.25) is 9.69 Å². The Morgan fingerprint density at radius 2 is 1.76 bits per heavy atom. The second kappa shape index (κ2) is 11.8. The molecule has 0 amide bonds. The molecule has 3 aromatic rings. The van der Waals surface area contributed by atoms with Crippen LogP contribution in [0.25, 0.3) is 5.69 Å². The average molecular weight is 503 g/mol. The molecule has 5 rings (SSSR count). The summed E-state index contributed by atoms with van der Waals surface area (Å²) in [6.45, 7) is 6.68. The van der Waals surface area contributed by atoms with Crippen molar-refractivity contribution in [1.82, 2.24) is 14.7 Å². The lowest BCUT2D eigenvalue weighted by Gasteiger charge is -2.36. The van der Waals surface area contributed by atoms with Gasteiger partial charge >= 0.3 is 5.56 Å². The lowest BCUT2D eigenvalue weighted by molar-refractivity contribution is 0.237. The van der Waals surface area contributed by atoms with Crippen LogP contribution in [-0.4, -0.2) is 52.6 Å². The molecule has 0 radical (unpaired) electrons. The van der Waals surface area contributed by atoms with E-state index in [9.17, 15) is 9.90 Å². The maximum Gasteiger partial charge on any atom is 0.316 e.